The summed E-state index contributed by atoms with van der Waals surface area (Å²) in [5.41, 5.74) is 3.76. The van der Waals surface area contributed by atoms with E-state index in [0.717, 1.165) is 12.0 Å². The molecule has 3 aromatic rings. The maximum atomic E-state index is 13.2. The lowest BCUT2D eigenvalue weighted by atomic mass is 9.72. The molecule has 0 saturated heterocycles. The van der Waals surface area contributed by atoms with Gasteiger partial charge in [-0.1, -0.05) is 68.0 Å². The number of hydrogen-bond acceptors (Lipinski definition) is 0. The Morgan fingerprint density at radius 2 is 1.81 bits per heavy atom. The van der Waals surface area contributed by atoms with Crippen molar-refractivity contribution in [3.63, 3.8) is 0 Å². The molecule has 0 amide bonds. The quantitative estimate of drug-likeness (QED) is 0.449. The molecule has 0 spiro atoms. The van der Waals surface area contributed by atoms with Gasteiger partial charge >= 0.3 is 0 Å². The Hall–Kier alpha value is -2.59. The van der Waals surface area contributed by atoms with E-state index in [1.807, 2.05) is 0 Å². The van der Waals surface area contributed by atoms with Crippen LogP contribution >= 0.6 is 0 Å². The second-order valence-corrected chi connectivity index (χ2v) is 7.55. The molecule has 0 aromatic heterocycles. The number of benzene rings is 3. The summed E-state index contributed by atoms with van der Waals surface area (Å²) in [5.74, 6) is 7.54. The van der Waals surface area contributed by atoms with Crippen molar-refractivity contribution >= 4 is 10.8 Å². The van der Waals surface area contributed by atoms with E-state index in [-0.39, 0.29) is 11.7 Å². The van der Waals surface area contributed by atoms with Crippen LogP contribution in [0.4, 0.5) is 4.39 Å². The maximum absolute atomic E-state index is 13.2. The molecule has 0 nitrogen and oxygen atoms in total. The van der Waals surface area contributed by atoms with E-state index in [1.54, 1.807) is 12.1 Å². The van der Waals surface area contributed by atoms with Gasteiger partial charge in [-0.3, -0.25) is 0 Å². The molecular weight excluding hydrogens is 331 g/mol. The minimum Gasteiger partial charge on any atom is -0.207 e. The fourth-order valence-corrected chi connectivity index (χ4v) is 4.34. The summed E-state index contributed by atoms with van der Waals surface area (Å²) in [7, 11) is 0. The average molecular weight is 356 g/mol. The minimum absolute atomic E-state index is 0.212. The van der Waals surface area contributed by atoms with E-state index in [0.29, 0.717) is 5.92 Å². The Morgan fingerprint density at radius 3 is 2.63 bits per heavy atom. The number of halogens is 1. The molecule has 1 heteroatoms. The zero-order valence-electron chi connectivity index (χ0n) is 15.8. The molecule has 0 heterocycles. The Balaban J connectivity index is 1.75. The summed E-state index contributed by atoms with van der Waals surface area (Å²) in [6, 6.07) is 19.7. The number of hydrogen-bond donors (Lipinski definition) is 0. The highest BCUT2D eigenvalue weighted by Gasteiger charge is 2.28. The molecule has 3 aromatic carbocycles. The van der Waals surface area contributed by atoms with Crippen LogP contribution in [0.15, 0.2) is 60.7 Å². The van der Waals surface area contributed by atoms with Crippen LogP contribution in [-0.4, -0.2) is 0 Å². The third-order valence-corrected chi connectivity index (χ3v) is 5.79. The van der Waals surface area contributed by atoms with Gasteiger partial charge in [-0.2, -0.15) is 0 Å². The van der Waals surface area contributed by atoms with E-state index in [4.69, 9.17) is 0 Å². The van der Waals surface area contributed by atoms with E-state index in [1.165, 1.54) is 59.7 Å². The predicted molar refractivity (Wildman–Crippen MR) is 111 cm³/mol. The molecule has 136 valence electrons. The first-order valence-corrected chi connectivity index (χ1v) is 10.0. The number of unbranched alkanes of at least 4 members (excludes halogenated alkanes) is 1. The van der Waals surface area contributed by atoms with Gasteiger partial charge < -0.3 is 0 Å². The van der Waals surface area contributed by atoms with Crippen LogP contribution in [0.2, 0.25) is 0 Å². The summed E-state index contributed by atoms with van der Waals surface area (Å²) < 4.78 is 13.2. The van der Waals surface area contributed by atoms with Crippen LogP contribution in [0.5, 0.6) is 0 Å². The van der Waals surface area contributed by atoms with Crippen LogP contribution in [0.1, 0.15) is 55.2 Å². The highest BCUT2D eigenvalue weighted by Crippen LogP contribution is 2.41. The van der Waals surface area contributed by atoms with Crippen molar-refractivity contribution in [2.45, 2.75) is 44.9 Å². The van der Waals surface area contributed by atoms with Crippen LogP contribution in [-0.2, 0) is 6.42 Å². The van der Waals surface area contributed by atoms with Crippen molar-refractivity contribution in [2.75, 3.05) is 0 Å². The van der Waals surface area contributed by atoms with Crippen molar-refractivity contribution in [3.05, 3.63) is 83.2 Å². The topological polar surface area (TPSA) is 0 Å². The standard InChI is InChI=1S/C26H25F/c1-2-3-6-20-12-17-25-23-8-5-4-7-21(23)13-18-26(25)24(20)16-11-19-9-14-22(27)15-10-19/h4-5,7-10,13-15,18,20,24H,2-3,6,12,17H2,1H3/t20-,24+/m1/s1. The molecule has 27 heavy (non-hydrogen) atoms. The third-order valence-electron chi connectivity index (χ3n) is 5.79. The highest BCUT2D eigenvalue weighted by molar-refractivity contribution is 5.87. The summed E-state index contributed by atoms with van der Waals surface area (Å²) in [5, 5.41) is 2.69. The SMILES string of the molecule is CCCC[C@@H]1CCc2c(ccc3ccccc23)[C@H]1C#Cc1ccc(F)cc1. The molecule has 0 N–H and O–H groups in total. The molecule has 0 radical (unpaired) electrons. The molecule has 1 aliphatic rings. The van der Waals surface area contributed by atoms with Crippen molar-refractivity contribution in [1.29, 1.82) is 0 Å². The smallest absolute Gasteiger partial charge is 0.123 e. The van der Waals surface area contributed by atoms with Gasteiger partial charge in [0.2, 0.25) is 0 Å². The van der Waals surface area contributed by atoms with Crippen molar-refractivity contribution in [1.82, 2.24) is 0 Å². The molecule has 2 atom stereocenters. The first kappa shape index (κ1) is 17.8. The van der Waals surface area contributed by atoms with Crippen molar-refractivity contribution in [2.24, 2.45) is 5.92 Å². The summed E-state index contributed by atoms with van der Waals surface area (Å²) in [6.07, 6.45) is 6.04. The Kier molecular flexibility index (Phi) is 5.26. The molecule has 4 rings (SSSR count). The van der Waals surface area contributed by atoms with E-state index < -0.39 is 0 Å². The zero-order chi connectivity index (χ0) is 18.6. The largest absolute Gasteiger partial charge is 0.207 e. The zero-order valence-corrected chi connectivity index (χ0v) is 15.8. The van der Waals surface area contributed by atoms with Gasteiger partial charge in [0.05, 0.1) is 0 Å². The molecule has 0 fully saturated rings. The maximum Gasteiger partial charge on any atom is 0.123 e. The van der Waals surface area contributed by atoms with Crippen LogP contribution in [0.3, 0.4) is 0 Å². The minimum atomic E-state index is -0.212. The van der Waals surface area contributed by atoms with Crippen LogP contribution in [0.25, 0.3) is 10.8 Å². The second-order valence-electron chi connectivity index (χ2n) is 7.55. The van der Waals surface area contributed by atoms with Gasteiger partial charge in [-0.25, -0.2) is 4.39 Å². The van der Waals surface area contributed by atoms with E-state index in [9.17, 15) is 4.39 Å². The fourth-order valence-electron chi connectivity index (χ4n) is 4.34. The van der Waals surface area contributed by atoms with E-state index >= 15 is 0 Å². The first-order chi connectivity index (χ1) is 13.3. The summed E-state index contributed by atoms with van der Waals surface area (Å²) >= 11 is 0. The monoisotopic (exact) mass is 356 g/mol. The summed E-state index contributed by atoms with van der Waals surface area (Å²) in [4.78, 5) is 0. The van der Waals surface area contributed by atoms with Crippen LogP contribution < -0.4 is 0 Å². The fraction of sp³-hybridized carbons (Fsp3) is 0.308. The van der Waals surface area contributed by atoms with Crippen molar-refractivity contribution in [3.8, 4) is 11.8 Å². The van der Waals surface area contributed by atoms with Gasteiger partial charge in [-0.05, 0) is 71.3 Å². The van der Waals surface area contributed by atoms with E-state index in [2.05, 4.69) is 55.2 Å². The number of aryl methyl sites for hydroxylation is 1. The van der Waals surface area contributed by atoms with Gasteiger partial charge in [0.25, 0.3) is 0 Å². The number of fused-ring (bicyclic) bond motifs is 3. The molecule has 0 aliphatic heterocycles. The molecule has 0 saturated carbocycles. The van der Waals surface area contributed by atoms with Crippen LogP contribution in [0, 0.1) is 23.6 Å². The average Bonchev–Trinajstić information content (AvgIpc) is 2.71. The lowest BCUT2D eigenvalue weighted by Crippen LogP contribution is -2.20. The molecule has 1 aliphatic carbocycles. The Morgan fingerprint density at radius 1 is 1.00 bits per heavy atom. The summed E-state index contributed by atoms with van der Waals surface area (Å²) in [6.45, 7) is 2.25. The third kappa shape index (κ3) is 3.76. The molecule has 0 bridgehead atoms. The van der Waals surface area contributed by atoms with Gasteiger partial charge in [0.1, 0.15) is 5.82 Å². The second kappa shape index (κ2) is 7.97. The molecular formula is C26H25F. The highest BCUT2D eigenvalue weighted by atomic mass is 19.1. The van der Waals surface area contributed by atoms with Gasteiger partial charge in [0.15, 0.2) is 0 Å². The normalized spacial score (nSPS) is 18.6. The Bertz CT molecular complexity index is 988. The lowest BCUT2D eigenvalue weighted by Gasteiger charge is -2.31. The molecule has 0 unspecified atom stereocenters. The predicted octanol–water partition coefficient (Wildman–Crippen LogP) is 6.87. The first-order valence-electron chi connectivity index (χ1n) is 10.0. The van der Waals surface area contributed by atoms with Gasteiger partial charge in [0, 0.05) is 11.5 Å². The lowest BCUT2D eigenvalue weighted by molar-refractivity contribution is 0.386. The number of rotatable bonds is 3. The van der Waals surface area contributed by atoms with Gasteiger partial charge in [-0.15, -0.1) is 0 Å². The Labute approximate surface area is 161 Å². The van der Waals surface area contributed by atoms with Crippen molar-refractivity contribution < 1.29 is 4.39 Å².